The first-order chi connectivity index (χ1) is 23.8. The summed E-state index contributed by atoms with van der Waals surface area (Å²) in [5.74, 6) is 3.85. The Morgan fingerprint density at radius 3 is 1.57 bits per heavy atom. The number of nitrogens with zero attached hydrogens (tertiary/aromatic N) is 8. The van der Waals surface area contributed by atoms with E-state index in [1.807, 2.05) is 48.8 Å². The average Bonchev–Trinajstić information content (AvgIpc) is 3.93. The number of hydrogen-bond acceptors (Lipinski definition) is 10. The zero-order valence-electron chi connectivity index (χ0n) is 26.0. The molecule has 0 radical (unpaired) electrons. The quantitative estimate of drug-likeness (QED) is 0.0817. The zero-order valence-corrected chi connectivity index (χ0v) is 26.0. The van der Waals surface area contributed by atoms with Crippen LogP contribution in [-0.2, 0) is 25.9 Å². The summed E-state index contributed by atoms with van der Waals surface area (Å²) in [7, 11) is 0. The van der Waals surface area contributed by atoms with Crippen molar-refractivity contribution in [2.45, 2.75) is 32.4 Å². The zero-order chi connectivity index (χ0) is 33.5. The highest BCUT2D eigenvalue weighted by molar-refractivity contribution is 5.99. The maximum absolute atomic E-state index is 7.64. The number of benzene rings is 2. The average molecular weight is 655 g/mol. The number of amidine groups is 2. The molecule has 49 heavy (non-hydrogen) atoms. The molecule has 0 saturated heterocycles. The van der Waals surface area contributed by atoms with Gasteiger partial charge in [-0.1, -0.05) is 10.4 Å². The Morgan fingerprint density at radius 2 is 1.12 bits per heavy atom. The van der Waals surface area contributed by atoms with Crippen molar-refractivity contribution < 1.29 is 8.83 Å². The van der Waals surface area contributed by atoms with Gasteiger partial charge in [-0.15, -0.1) is 10.2 Å². The lowest BCUT2D eigenvalue weighted by molar-refractivity contribution is 0.483. The van der Waals surface area contributed by atoms with E-state index in [4.69, 9.17) is 31.1 Å². The van der Waals surface area contributed by atoms with Gasteiger partial charge in [0.2, 0.25) is 0 Å². The number of furan rings is 2. The van der Waals surface area contributed by atoms with E-state index in [2.05, 4.69) is 40.6 Å². The number of imidazole rings is 2. The van der Waals surface area contributed by atoms with Crippen molar-refractivity contribution in [2.24, 2.45) is 11.5 Å². The smallest absolute Gasteiger partial charge is 0.174 e. The molecule has 0 unspecified atom stereocenters. The SMILES string of the molecule is N=C(N)c1ccc2nc(-c3ccc(Cn4cc(CCCc5cn(Cc6ccc(-c7nc8ccc(C(=N)N)cc8[nH]7)o6)nn5)nn4)o3)[nH]c2c1. The molecular weight excluding hydrogens is 624 g/mol. The van der Waals surface area contributed by atoms with Crippen LogP contribution >= 0.6 is 0 Å². The summed E-state index contributed by atoms with van der Waals surface area (Å²) in [4.78, 5) is 15.7. The summed E-state index contributed by atoms with van der Waals surface area (Å²) >= 11 is 0. The normalized spacial score (nSPS) is 11.6. The number of nitrogen functional groups attached to an aromatic ring is 2. The van der Waals surface area contributed by atoms with Gasteiger partial charge in [0.1, 0.15) is 36.3 Å². The molecule has 244 valence electrons. The predicted molar refractivity (Wildman–Crippen MR) is 180 cm³/mol. The van der Waals surface area contributed by atoms with Crippen LogP contribution in [0, 0.1) is 10.8 Å². The van der Waals surface area contributed by atoms with Crippen molar-refractivity contribution in [1.29, 1.82) is 10.8 Å². The lowest BCUT2D eigenvalue weighted by Crippen LogP contribution is -2.10. The minimum atomic E-state index is 0.00289. The summed E-state index contributed by atoms with van der Waals surface area (Å²) in [6, 6.07) is 18.3. The third-order valence-electron chi connectivity index (χ3n) is 8.05. The Bertz CT molecular complexity index is 2300. The fourth-order valence-electron chi connectivity index (χ4n) is 5.60. The molecule has 0 aliphatic carbocycles. The van der Waals surface area contributed by atoms with E-state index in [-0.39, 0.29) is 11.7 Å². The van der Waals surface area contributed by atoms with Gasteiger partial charge >= 0.3 is 0 Å². The van der Waals surface area contributed by atoms with Crippen molar-refractivity contribution in [3.8, 4) is 23.2 Å². The molecule has 0 spiro atoms. The minimum absolute atomic E-state index is 0.00289. The summed E-state index contributed by atoms with van der Waals surface area (Å²) in [5.41, 5.74) is 17.3. The molecule has 0 bridgehead atoms. The number of aromatic nitrogens is 10. The van der Waals surface area contributed by atoms with Gasteiger partial charge in [0, 0.05) is 23.5 Å². The van der Waals surface area contributed by atoms with Crippen LogP contribution in [0.15, 0.2) is 81.9 Å². The van der Waals surface area contributed by atoms with Crippen LogP contribution in [0.3, 0.4) is 0 Å². The van der Waals surface area contributed by atoms with E-state index < -0.39 is 0 Å². The Labute approximate surface area is 277 Å². The fourth-order valence-corrected chi connectivity index (χ4v) is 5.60. The van der Waals surface area contributed by atoms with Crippen LogP contribution in [0.2, 0.25) is 0 Å². The van der Waals surface area contributed by atoms with E-state index in [0.717, 1.165) is 64.2 Å². The molecule has 6 aromatic heterocycles. The summed E-state index contributed by atoms with van der Waals surface area (Å²) in [6.45, 7) is 0.864. The molecule has 8 rings (SSSR count). The number of aryl methyl sites for hydroxylation is 2. The van der Waals surface area contributed by atoms with Gasteiger partial charge in [0.25, 0.3) is 0 Å². The lowest BCUT2D eigenvalue weighted by Gasteiger charge is -1.97. The number of rotatable bonds is 12. The van der Waals surface area contributed by atoms with Crippen LogP contribution in [0.5, 0.6) is 0 Å². The van der Waals surface area contributed by atoms with Gasteiger partial charge < -0.3 is 30.3 Å². The molecule has 0 saturated carbocycles. The van der Waals surface area contributed by atoms with E-state index >= 15 is 0 Å². The number of H-pyrrole nitrogens is 2. The summed E-state index contributed by atoms with van der Waals surface area (Å²) in [6.07, 6.45) is 6.15. The first-order valence-electron chi connectivity index (χ1n) is 15.5. The number of aromatic amines is 2. The first kappa shape index (κ1) is 29.6. The van der Waals surface area contributed by atoms with Crippen LogP contribution in [0.25, 0.3) is 45.2 Å². The van der Waals surface area contributed by atoms with Gasteiger partial charge in [-0.25, -0.2) is 19.3 Å². The van der Waals surface area contributed by atoms with E-state index in [1.54, 1.807) is 33.6 Å². The molecule has 0 fully saturated rings. The highest BCUT2D eigenvalue weighted by Crippen LogP contribution is 2.25. The van der Waals surface area contributed by atoms with Crippen molar-refractivity contribution in [3.05, 3.63) is 107 Å². The van der Waals surface area contributed by atoms with Gasteiger partial charge in [0.05, 0.1) is 33.5 Å². The standard InChI is InChI=1S/C33H30N14O2/c34-30(35)18-4-8-24-26(12-18)40-32(38-24)28-10-6-22(48-28)16-46-14-20(42-44-46)2-1-3-21-15-47(45-43-21)17-23-7-11-29(49-23)33-39-25-9-5-19(31(36)37)13-27(25)41-33/h4-15H,1-3,16-17H2,(H3,34,35)(H3,36,37)(H,38,40)(H,39,41). The Hall–Kier alpha value is -6.84. The van der Waals surface area contributed by atoms with Crippen LogP contribution in [-0.4, -0.2) is 61.6 Å². The maximum atomic E-state index is 7.64. The fraction of sp³-hybridized carbons (Fsp3) is 0.152. The number of fused-ring (bicyclic) bond motifs is 2. The van der Waals surface area contributed by atoms with Crippen molar-refractivity contribution >= 4 is 33.7 Å². The molecule has 0 atom stereocenters. The number of hydrogen-bond donors (Lipinski definition) is 6. The molecule has 0 aliphatic heterocycles. The number of nitrogens with one attached hydrogen (secondary N) is 4. The Morgan fingerprint density at radius 1 is 0.653 bits per heavy atom. The molecule has 6 heterocycles. The van der Waals surface area contributed by atoms with Crippen LogP contribution < -0.4 is 11.5 Å². The molecule has 16 heteroatoms. The number of nitrogens with two attached hydrogens (primary N) is 2. The molecule has 0 aliphatic rings. The van der Waals surface area contributed by atoms with Gasteiger partial charge in [-0.3, -0.25) is 10.8 Å². The van der Waals surface area contributed by atoms with Gasteiger partial charge in [-0.2, -0.15) is 0 Å². The largest absolute Gasteiger partial charge is 0.456 e. The second-order valence-corrected chi connectivity index (χ2v) is 11.7. The van der Waals surface area contributed by atoms with E-state index in [0.29, 0.717) is 47.4 Å². The maximum Gasteiger partial charge on any atom is 0.174 e. The van der Waals surface area contributed by atoms with Gasteiger partial charge in [-0.05, 0) is 79.9 Å². The lowest BCUT2D eigenvalue weighted by atomic mass is 10.2. The topological polar surface area (TPSA) is 245 Å². The highest BCUT2D eigenvalue weighted by atomic mass is 16.3. The molecule has 8 N–H and O–H groups in total. The van der Waals surface area contributed by atoms with E-state index in [1.165, 1.54) is 0 Å². The Kier molecular flexibility index (Phi) is 7.28. The van der Waals surface area contributed by atoms with Crippen molar-refractivity contribution in [1.82, 2.24) is 49.9 Å². The summed E-state index contributed by atoms with van der Waals surface area (Å²) < 4.78 is 15.6. The van der Waals surface area contributed by atoms with Crippen LogP contribution in [0.4, 0.5) is 0 Å². The molecule has 0 amide bonds. The monoisotopic (exact) mass is 654 g/mol. The highest BCUT2D eigenvalue weighted by Gasteiger charge is 2.14. The van der Waals surface area contributed by atoms with Gasteiger partial charge in [0.15, 0.2) is 23.2 Å². The molecular formula is C33H30N14O2. The van der Waals surface area contributed by atoms with E-state index in [9.17, 15) is 0 Å². The first-order valence-corrected chi connectivity index (χ1v) is 15.5. The molecule has 8 aromatic rings. The molecule has 16 nitrogen and oxygen atoms in total. The van der Waals surface area contributed by atoms with Crippen molar-refractivity contribution in [3.63, 3.8) is 0 Å². The summed E-state index contributed by atoms with van der Waals surface area (Å²) in [5, 5.41) is 32.5. The van der Waals surface area contributed by atoms with Crippen LogP contribution in [0.1, 0.15) is 40.5 Å². The minimum Gasteiger partial charge on any atom is -0.456 e. The third-order valence-corrected chi connectivity index (χ3v) is 8.05. The Balaban J connectivity index is 0.833. The third kappa shape index (κ3) is 6.17. The second-order valence-electron chi connectivity index (χ2n) is 11.7. The van der Waals surface area contributed by atoms with Crippen molar-refractivity contribution in [2.75, 3.05) is 0 Å². The molecule has 2 aromatic carbocycles. The second kappa shape index (κ2) is 12.1. The predicted octanol–water partition coefficient (Wildman–Crippen LogP) is 3.98.